The number of fused-ring (bicyclic) bond motifs is 1. The third-order valence-electron chi connectivity index (χ3n) is 4.28. The summed E-state index contributed by atoms with van der Waals surface area (Å²) < 4.78 is 19.6. The Labute approximate surface area is 138 Å². The van der Waals surface area contributed by atoms with E-state index in [9.17, 15) is 4.39 Å². The minimum Gasteiger partial charge on any atom is -0.470 e. The monoisotopic (exact) mass is 327 g/mol. The molecule has 3 heterocycles. The molecule has 0 unspecified atom stereocenters. The third-order valence-corrected chi connectivity index (χ3v) is 4.28. The van der Waals surface area contributed by atoms with Crippen LogP contribution >= 0.6 is 0 Å². The van der Waals surface area contributed by atoms with Crippen molar-refractivity contribution in [2.24, 2.45) is 0 Å². The van der Waals surface area contributed by atoms with Crippen LogP contribution in [-0.2, 0) is 0 Å². The molecule has 7 heteroatoms. The number of ether oxygens (including phenoxy) is 1. The minimum atomic E-state index is -1.03. The van der Waals surface area contributed by atoms with Gasteiger partial charge in [-0.3, -0.25) is 10.1 Å². The Hall–Kier alpha value is -2.54. The van der Waals surface area contributed by atoms with Crippen LogP contribution in [0.1, 0.15) is 12.1 Å². The Morgan fingerprint density at radius 1 is 1.29 bits per heavy atom. The molecule has 6 nitrogen and oxygen atoms in total. The zero-order valence-corrected chi connectivity index (χ0v) is 13.3. The van der Waals surface area contributed by atoms with E-state index in [1.54, 1.807) is 6.20 Å². The van der Waals surface area contributed by atoms with Crippen LogP contribution in [0.4, 0.5) is 4.39 Å². The lowest BCUT2D eigenvalue weighted by Gasteiger charge is -2.26. The third kappa shape index (κ3) is 2.82. The van der Waals surface area contributed by atoms with Crippen molar-refractivity contribution < 1.29 is 9.13 Å². The number of aromatic nitrogens is 4. The standard InChI is InChI=1S/C17H18FN5O/c1-10-12-6-11(2-3-14(12)23-22-10)15-8-20-9-17(21-15)24-16-4-5-19-7-13(16)18/h2-3,6,8-9,13,16,19H,4-5,7H2,1H3,(H,22,23)/t13-,16-/m0/s1. The lowest BCUT2D eigenvalue weighted by Crippen LogP contribution is -2.44. The number of aryl methyl sites for hydroxylation is 1. The number of nitrogens with zero attached hydrogens (tertiary/aromatic N) is 3. The molecule has 1 fully saturated rings. The molecule has 1 saturated heterocycles. The molecule has 1 aromatic carbocycles. The molecule has 0 saturated carbocycles. The first-order valence-electron chi connectivity index (χ1n) is 7.99. The zero-order chi connectivity index (χ0) is 16.5. The average molecular weight is 327 g/mol. The van der Waals surface area contributed by atoms with Gasteiger partial charge >= 0.3 is 0 Å². The maximum Gasteiger partial charge on any atom is 0.233 e. The number of hydrogen-bond acceptors (Lipinski definition) is 5. The number of benzene rings is 1. The van der Waals surface area contributed by atoms with Gasteiger partial charge in [0, 0.05) is 17.5 Å². The van der Waals surface area contributed by atoms with E-state index in [-0.39, 0.29) is 0 Å². The van der Waals surface area contributed by atoms with Gasteiger partial charge in [-0.15, -0.1) is 0 Å². The average Bonchev–Trinajstić information content (AvgIpc) is 2.98. The second-order valence-electron chi connectivity index (χ2n) is 5.98. The van der Waals surface area contributed by atoms with Crippen LogP contribution in [0, 0.1) is 6.92 Å². The lowest BCUT2D eigenvalue weighted by atomic mass is 10.1. The molecule has 2 N–H and O–H groups in total. The number of hydrogen-bond donors (Lipinski definition) is 2. The molecule has 0 spiro atoms. The highest BCUT2D eigenvalue weighted by molar-refractivity contribution is 5.85. The Kier molecular flexibility index (Phi) is 3.86. The Bertz CT molecular complexity index is 865. The molecule has 0 amide bonds. The highest BCUT2D eigenvalue weighted by Crippen LogP contribution is 2.25. The minimum absolute atomic E-state index is 0.314. The van der Waals surface area contributed by atoms with Crippen molar-refractivity contribution in [3.05, 3.63) is 36.3 Å². The van der Waals surface area contributed by atoms with E-state index in [1.165, 1.54) is 6.20 Å². The highest BCUT2D eigenvalue weighted by Gasteiger charge is 2.26. The molecular weight excluding hydrogens is 309 g/mol. The fraction of sp³-hybridized carbons (Fsp3) is 0.353. The summed E-state index contributed by atoms with van der Waals surface area (Å²) in [5.74, 6) is 0.353. The summed E-state index contributed by atoms with van der Waals surface area (Å²) in [5, 5.41) is 11.2. The summed E-state index contributed by atoms with van der Waals surface area (Å²) in [6, 6.07) is 5.94. The van der Waals surface area contributed by atoms with Crippen molar-refractivity contribution in [1.29, 1.82) is 0 Å². The molecule has 3 aromatic rings. The fourth-order valence-electron chi connectivity index (χ4n) is 2.93. The summed E-state index contributed by atoms with van der Waals surface area (Å²) >= 11 is 0. The number of halogens is 1. The smallest absolute Gasteiger partial charge is 0.233 e. The number of nitrogens with one attached hydrogen (secondary N) is 2. The van der Waals surface area contributed by atoms with Gasteiger partial charge in [-0.2, -0.15) is 5.10 Å². The Balaban J connectivity index is 1.62. The molecule has 0 aliphatic carbocycles. The van der Waals surface area contributed by atoms with Gasteiger partial charge in [-0.25, -0.2) is 9.37 Å². The van der Waals surface area contributed by atoms with Crippen LogP contribution in [0.2, 0.25) is 0 Å². The van der Waals surface area contributed by atoms with Crippen LogP contribution in [0.5, 0.6) is 5.88 Å². The molecule has 2 atom stereocenters. The molecule has 124 valence electrons. The maximum absolute atomic E-state index is 13.9. The van der Waals surface area contributed by atoms with Crippen LogP contribution in [0.25, 0.3) is 22.2 Å². The zero-order valence-electron chi connectivity index (χ0n) is 13.3. The van der Waals surface area contributed by atoms with E-state index in [4.69, 9.17) is 4.74 Å². The Morgan fingerprint density at radius 2 is 2.21 bits per heavy atom. The van der Waals surface area contributed by atoms with Gasteiger partial charge in [0.1, 0.15) is 12.3 Å². The van der Waals surface area contributed by atoms with E-state index in [0.29, 0.717) is 24.5 Å². The van der Waals surface area contributed by atoms with Crippen LogP contribution in [-0.4, -0.2) is 45.5 Å². The summed E-state index contributed by atoms with van der Waals surface area (Å²) in [5.41, 5.74) is 3.53. The first kappa shape index (κ1) is 15.0. The lowest BCUT2D eigenvalue weighted by molar-refractivity contribution is 0.0691. The van der Waals surface area contributed by atoms with E-state index in [1.807, 2.05) is 25.1 Å². The van der Waals surface area contributed by atoms with Gasteiger partial charge < -0.3 is 10.1 Å². The quantitative estimate of drug-likeness (QED) is 0.772. The van der Waals surface area contributed by atoms with Crippen molar-refractivity contribution >= 4 is 10.9 Å². The fourth-order valence-corrected chi connectivity index (χ4v) is 2.93. The van der Waals surface area contributed by atoms with Crippen LogP contribution < -0.4 is 10.1 Å². The van der Waals surface area contributed by atoms with Gasteiger partial charge in [0.2, 0.25) is 5.88 Å². The summed E-state index contributed by atoms with van der Waals surface area (Å²) in [6.07, 6.45) is 2.31. The predicted octanol–water partition coefficient (Wildman–Crippen LogP) is 2.41. The first-order valence-corrected chi connectivity index (χ1v) is 7.99. The maximum atomic E-state index is 13.9. The molecule has 2 aromatic heterocycles. The highest BCUT2D eigenvalue weighted by atomic mass is 19.1. The number of aromatic amines is 1. The van der Waals surface area contributed by atoms with Crippen molar-refractivity contribution in [3.8, 4) is 17.1 Å². The first-order chi connectivity index (χ1) is 11.7. The van der Waals surface area contributed by atoms with E-state index < -0.39 is 12.3 Å². The number of piperidine rings is 1. The second-order valence-corrected chi connectivity index (χ2v) is 5.98. The van der Waals surface area contributed by atoms with Crippen molar-refractivity contribution in [1.82, 2.24) is 25.5 Å². The molecule has 0 radical (unpaired) electrons. The predicted molar refractivity (Wildman–Crippen MR) is 88.7 cm³/mol. The topological polar surface area (TPSA) is 75.7 Å². The van der Waals surface area contributed by atoms with E-state index >= 15 is 0 Å². The normalized spacial score (nSPS) is 21.1. The molecular formula is C17H18FN5O. The van der Waals surface area contributed by atoms with Crippen molar-refractivity contribution in [2.45, 2.75) is 25.6 Å². The molecule has 4 rings (SSSR count). The van der Waals surface area contributed by atoms with Gasteiger partial charge in [0.25, 0.3) is 0 Å². The molecule has 0 bridgehead atoms. The van der Waals surface area contributed by atoms with E-state index in [0.717, 1.165) is 28.7 Å². The summed E-state index contributed by atoms with van der Waals surface area (Å²) in [7, 11) is 0. The number of rotatable bonds is 3. The van der Waals surface area contributed by atoms with Gasteiger partial charge in [0.15, 0.2) is 0 Å². The largest absolute Gasteiger partial charge is 0.470 e. The van der Waals surface area contributed by atoms with Gasteiger partial charge in [-0.1, -0.05) is 6.07 Å². The number of alkyl halides is 1. The Morgan fingerprint density at radius 3 is 3.08 bits per heavy atom. The summed E-state index contributed by atoms with van der Waals surface area (Å²) in [6.45, 7) is 3.01. The van der Waals surface area contributed by atoms with Crippen molar-refractivity contribution in [2.75, 3.05) is 13.1 Å². The van der Waals surface area contributed by atoms with Gasteiger partial charge in [-0.05, 0) is 32.0 Å². The van der Waals surface area contributed by atoms with Crippen LogP contribution in [0.3, 0.4) is 0 Å². The SMILES string of the molecule is Cc1n[nH]c2ccc(-c3cncc(O[C@H]4CCNC[C@@H]4F)n3)cc12. The van der Waals surface area contributed by atoms with E-state index in [2.05, 4.69) is 25.5 Å². The van der Waals surface area contributed by atoms with Gasteiger partial charge in [0.05, 0.1) is 29.3 Å². The van der Waals surface area contributed by atoms with Crippen molar-refractivity contribution in [3.63, 3.8) is 0 Å². The molecule has 1 aliphatic heterocycles. The summed E-state index contributed by atoms with van der Waals surface area (Å²) in [4.78, 5) is 8.68. The van der Waals surface area contributed by atoms with Crippen LogP contribution in [0.15, 0.2) is 30.6 Å². The second kappa shape index (κ2) is 6.16. The number of H-pyrrole nitrogens is 1. The molecule has 24 heavy (non-hydrogen) atoms. The molecule has 1 aliphatic rings.